The molecular formula is C22H28F3N7O. The highest BCUT2D eigenvalue weighted by Gasteiger charge is 2.48. The number of amides is 1. The molecule has 11 heteroatoms. The van der Waals surface area contributed by atoms with Crippen molar-refractivity contribution in [3.05, 3.63) is 41.2 Å². The minimum Gasteiger partial charge on any atom is -0.388 e. The first kappa shape index (κ1) is 24.3. The summed E-state index contributed by atoms with van der Waals surface area (Å²) in [5, 5.41) is 16.3. The van der Waals surface area contributed by atoms with Crippen molar-refractivity contribution >= 4 is 35.1 Å². The Hall–Kier alpha value is -3.34. The molecule has 1 aromatic heterocycles. The summed E-state index contributed by atoms with van der Waals surface area (Å²) in [6.07, 6.45) is 1.57. The minimum atomic E-state index is -2.96. The predicted octanol–water partition coefficient (Wildman–Crippen LogP) is 3.31. The van der Waals surface area contributed by atoms with Crippen molar-refractivity contribution in [1.29, 1.82) is 5.41 Å². The van der Waals surface area contributed by atoms with Crippen LogP contribution in [0.1, 0.15) is 35.2 Å². The molecule has 1 aliphatic carbocycles. The number of nitrogens with two attached hydrogens (primary N) is 1. The first-order valence-corrected chi connectivity index (χ1v) is 10.5. The molecule has 6 N–H and O–H groups in total. The molecule has 2 unspecified atom stereocenters. The van der Waals surface area contributed by atoms with Crippen LogP contribution in [0.3, 0.4) is 0 Å². The Balaban J connectivity index is 2.06. The number of primary amides is 1. The van der Waals surface area contributed by atoms with Gasteiger partial charge >= 0.3 is 0 Å². The van der Waals surface area contributed by atoms with Crippen molar-refractivity contribution in [2.45, 2.75) is 37.3 Å². The van der Waals surface area contributed by atoms with E-state index in [1.807, 2.05) is 0 Å². The SMILES string of the molecule is CNc1cccc(Nc2nc(N(C)C3CCCC(F)(F)C3NC)c(F)cc2C(N)=O)c1C=N. The summed E-state index contributed by atoms with van der Waals surface area (Å²) in [6.45, 7) is 0. The van der Waals surface area contributed by atoms with E-state index in [0.717, 1.165) is 12.3 Å². The van der Waals surface area contributed by atoms with Gasteiger partial charge in [0.25, 0.3) is 11.8 Å². The van der Waals surface area contributed by atoms with Crippen LogP contribution in [0, 0.1) is 11.2 Å². The van der Waals surface area contributed by atoms with Crippen LogP contribution in [0.15, 0.2) is 24.3 Å². The zero-order valence-electron chi connectivity index (χ0n) is 18.7. The molecule has 1 aromatic carbocycles. The number of nitrogens with one attached hydrogen (secondary N) is 4. The van der Waals surface area contributed by atoms with Crippen molar-refractivity contribution in [2.24, 2.45) is 5.73 Å². The van der Waals surface area contributed by atoms with Gasteiger partial charge in [-0.05, 0) is 38.1 Å². The molecule has 3 rings (SSSR count). The quantitative estimate of drug-likeness (QED) is 0.383. The Kier molecular flexibility index (Phi) is 7.11. The van der Waals surface area contributed by atoms with E-state index in [4.69, 9.17) is 11.1 Å². The first-order valence-electron chi connectivity index (χ1n) is 10.5. The van der Waals surface area contributed by atoms with Crippen LogP contribution < -0.4 is 26.6 Å². The van der Waals surface area contributed by atoms with Crippen LogP contribution in [0.4, 0.5) is 36.2 Å². The van der Waals surface area contributed by atoms with E-state index in [-0.39, 0.29) is 30.0 Å². The van der Waals surface area contributed by atoms with Crippen molar-refractivity contribution < 1.29 is 18.0 Å². The zero-order valence-corrected chi connectivity index (χ0v) is 18.7. The fourth-order valence-corrected chi connectivity index (χ4v) is 4.31. The van der Waals surface area contributed by atoms with Crippen LogP contribution in [-0.2, 0) is 0 Å². The van der Waals surface area contributed by atoms with Crippen molar-refractivity contribution in [3.63, 3.8) is 0 Å². The molecule has 8 nitrogen and oxygen atoms in total. The number of likely N-dealkylation sites (N-methyl/N-ethyl adjacent to an activating group) is 2. The fraction of sp³-hybridized carbons (Fsp3) is 0.409. The van der Waals surface area contributed by atoms with E-state index in [1.165, 1.54) is 19.0 Å². The number of pyridine rings is 1. The molecule has 1 fully saturated rings. The van der Waals surface area contributed by atoms with Gasteiger partial charge in [-0.15, -0.1) is 0 Å². The Morgan fingerprint density at radius 3 is 2.64 bits per heavy atom. The molecule has 2 atom stereocenters. The Morgan fingerprint density at radius 1 is 1.33 bits per heavy atom. The lowest BCUT2D eigenvalue weighted by molar-refractivity contribution is -0.0685. The molecule has 1 saturated carbocycles. The largest absolute Gasteiger partial charge is 0.388 e. The van der Waals surface area contributed by atoms with E-state index in [0.29, 0.717) is 23.4 Å². The molecule has 0 aliphatic heterocycles. The maximum absolute atomic E-state index is 15.0. The normalized spacial score (nSPS) is 19.6. The number of hydrogen-bond acceptors (Lipinski definition) is 7. The number of carbonyl (C=O) groups excluding carboxylic acids is 1. The molecule has 0 bridgehead atoms. The molecule has 0 saturated heterocycles. The predicted molar refractivity (Wildman–Crippen MR) is 124 cm³/mol. The number of halogens is 3. The number of nitrogens with zero attached hydrogens (tertiary/aromatic N) is 2. The van der Waals surface area contributed by atoms with Crippen LogP contribution in [0.2, 0.25) is 0 Å². The second-order valence-electron chi connectivity index (χ2n) is 7.94. The van der Waals surface area contributed by atoms with Gasteiger partial charge in [0.15, 0.2) is 11.6 Å². The number of hydrogen-bond donors (Lipinski definition) is 5. The average Bonchev–Trinajstić information content (AvgIpc) is 2.78. The molecule has 0 radical (unpaired) electrons. The Labute approximate surface area is 190 Å². The van der Waals surface area contributed by atoms with Gasteiger partial charge < -0.3 is 32.0 Å². The molecule has 1 aliphatic rings. The van der Waals surface area contributed by atoms with Gasteiger partial charge in [0.05, 0.1) is 23.3 Å². The molecule has 33 heavy (non-hydrogen) atoms. The van der Waals surface area contributed by atoms with Gasteiger partial charge in [0.1, 0.15) is 5.82 Å². The summed E-state index contributed by atoms with van der Waals surface area (Å²) in [5.74, 6) is -4.94. The molecule has 1 amide bonds. The summed E-state index contributed by atoms with van der Waals surface area (Å²) >= 11 is 0. The number of carbonyl (C=O) groups is 1. The van der Waals surface area contributed by atoms with E-state index in [2.05, 4.69) is 20.9 Å². The third-order valence-electron chi connectivity index (χ3n) is 5.99. The third kappa shape index (κ3) is 4.72. The summed E-state index contributed by atoms with van der Waals surface area (Å²) in [4.78, 5) is 17.7. The van der Waals surface area contributed by atoms with E-state index >= 15 is 4.39 Å². The van der Waals surface area contributed by atoms with Crippen molar-refractivity contribution in [2.75, 3.05) is 36.7 Å². The molecule has 1 heterocycles. The smallest absolute Gasteiger partial charge is 0.265 e. The lowest BCUT2D eigenvalue weighted by atomic mass is 9.86. The van der Waals surface area contributed by atoms with Gasteiger partial charge in [0, 0.05) is 38.0 Å². The van der Waals surface area contributed by atoms with Crippen molar-refractivity contribution in [1.82, 2.24) is 10.3 Å². The zero-order chi connectivity index (χ0) is 24.3. The second kappa shape index (κ2) is 9.65. The maximum atomic E-state index is 15.0. The summed E-state index contributed by atoms with van der Waals surface area (Å²) in [6, 6.07) is 4.19. The van der Waals surface area contributed by atoms with Gasteiger partial charge in [0.2, 0.25) is 0 Å². The van der Waals surface area contributed by atoms with Crippen LogP contribution in [-0.4, -0.2) is 56.3 Å². The van der Waals surface area contributed by atoms with Gasteiger partial charge in [-0.3, -0.25) is 4.79 Å². The average molecular weight is 464 g/mol. The van der Waals surface area contributed by atoms with Gasteiger partial charge in [-0.1, -0.05) is 6.07 Å². The fourth-order valence-electron chi connectivity index (χ4n) is 4.31. The number of rotatable bonds is 8. The highest BCUT2D eigenvalue weighted by molar-refractivity contribution is 6.00. The third-order valence-corrected chi connectivity index (χ3v) is 5.99. The minimum absolute atomic E-state index is 0.0364. The number of alkyl halides is 2. The van der Waals surface area contributed by atoms with Crippen LogP contribution in [0.25, 0.3) is 0 Å². The summed E-state index contributed by atoms with van der Waals surface area (Å²) in [7, 11) is 4.65. The number of anilines is 4. The number of benzene rings is 1. The van der Waals surface area contributed by atoms with Crippen LogP contribution in [0.5, 0.6) is 0 Å². The standard InChI is InChI=1S/C22H28F3N7O/c1-28-15-6-4-7-16(13(15)11-26)30-20-12(19(27)33)10-14(23)21(31-20)32(3)17-8-5-9-22(24,25)18(17)29-2/h4,6-7,10-11,17-18,26,28-29H,5,8-9H2,1-3H3,(H2,27,33)(H,30,31). The highest BCUT2D eigenvalue weighted by Crippen LogP contribution is 2.38. The van der Waals surface area contributed by atoms with E-state index in [1.54, 1.807) is 25.2 Å². The lowest BCUT2D eigenvalue weighted by Crippen LogP contribution is -2.59. The summed E-state index contributed by atoms with van der Waals surface area (Å²) < 4.78 is 44.0. The van der Waals surface area contributed by atoms with Crippen LogP contribution >= 0.6 is 0 Å². The first-order chi connectivity index (χ1) is 15.6. The Morgan fingerprint density at radius 2 is 2.03 bits per heavy atom. The van der Waals surface area contributed by atoms with Crippen molar-refractivity contribution in [3.8, 4) is 0 Å². The Bertz CT molecular complexity index is 1050. The maximum Gasteiger partial charge on any atom is 0.265 e. The summed E-state index contributed by atoms with van der Waals surface area (Å²) in [5.41, 5.74) is 6.82. The molecular weight excluding hydrogens is 435 g/mol. The molecule has 178 valence electrons. The van der Waals surface area contributed by atoms with Gasteiger partial charge in [-0.2, -0.15) is 0 Å². The van der Waals surface area contributed by atoms with E-state index in [9.17, 15) is 13.6 Å². The monoisotopic (exact) mass is 463 g/mol. The topological polar surface area (TPSA) is 119 Å². The number of aromatic nitrogens is 1. The molecule has 2 aromatic rings. The van der Waals surface area contributed by atoms with E-state index < -0.39 is 29.7 Å². The second-order valence-corrected chi connectivity index (χ2v) is 7.94. The van der Waals surface area contributed by atoms with Gasteiger partial charge in [-0.25, -0.2) is 18.2 Å². The lowest BCUT2D eigenvalue weighted by Gasteiger charge is -2.42. The molecule has 0 spiro atoms. The highest BCUT2D eigenvalue weighted by atomic mass is 19.3.